The van der Waals surface area contributed by atoms with Crippen molar-refractivity contribution in [1.82, 2.24) is 0 Å². The summed E-state index contributed by atoms with van der Waals surface area (Å²) in [6, 6.07) is 2.16. The number of hydrogen-bond acceptors (Lipinski definition) is 4. The van der Waals surface area contributed by atoms with Gasteiger partial charge in [-0.1, -0.05) is 12.2 Å². The third kappa shape index (κ3) is 1.43. The maximum Gasteiger partial charge on any atom is 0.238 e. The number of amides is 2. The van der Waals surface area contributed by atoms with Gasteiger partial charge in [-0.3, -0.25) is 9.59 Å². The number of rotatable bonds is 1. The summed E-state index contributed by atoms with van der Waals surface area (Å²) in [5.74, 6) is -0.231. The van der Waals surface area contributed by atoms with Crippen molar-refractivity contribution in [2.45, 2.75) is 20.3 Å². The Morgan fingerprint density at radius 1 is 1.19 bits per heavy atom. The van der Waals surface area contributed by atoms with Gasteiger partial charge in [0.2, 0.25) is 11.8 Å². The average molecular weight is 298 g/mol. The molecule has 0 unspecified atom stereocenters. The molecule has 2 fully saturated rings. The van der Waals surface area contributed by atoms with Crippen molar-refractivity contribution >= 4 is 28.2 Å². The topological polar surface area (TPSA) is 61.2 Å². The van der Waals surface area contributed by atoms with E-state index in [1.807, 2.05) is 13.8 Å². The molecule has 2 aliphatic carbocycles. The molecule has 2 heterocycles. The Kier molecular flexibility index (Phi) is 2.46. The van der Waals surface area contributed by atoms with Crippen LogP contribution in [0.25, 0.3) is 0 Å². The van der Waals surface area contributed by atoms with Crippen molar-refractivity contribution in [2.24, 2.45) is 23.7 Å². The fraction of sp³-hybridized carbons (Fsp3) is 0.438. The van der Waals surface area contributed by atoms with Crippen LogP contribution in [-0.4, -0.2) is 11.8 Å². The standard InChI is InChI=1S/C16H14N2O2S/c1-7-8(2)21-16(11(7)6-17)18-14(19)12-9-3-4-10(5-9)13(12)15(18)20/h3-4,9-10,12-13H,5H2,1-2H3/t9-,10-,12+,13+/m0/s1. The van der Waals surface area contributed by atoms with Crippen LogP contribution in [-0.2, 0) is 9.59 Å². The first-order chi connectivity index (χ1) is 10.0. The first kappa shape index (κ1) is 12.8. The molecule has 0 aromatic carbocycles. The average Bonchev–Trinajstić information content (AvgIpc) is 3.17. The van der Waals surface area contributed by atoms with E-state index in [0.717, 1.165) is 16.9 Å². The van der Waals surface area contributed by atoms with Crippen LogP contribution >= 0.6 is 11.3 Å². The third-order valence-corrected chi connectivity index (χ3v) is 6.34. The number of aryl methyl sites for hydroxylation is 1. The highest BCUT2D eigenvalue weighted by atomic mass is 32.1. The summed E-state index contributed by atoms with van der Waals surface area (Å²) in [5, 5.41) is 9.88. The van der Waals surface area contributed by atoms with Crippen LogP contribution < -0.4 is 4.90 Å². The number of hydrogen-bond donors (Lipinski definition) is 0. The predicted octanol–water partition coefficient (Wildman–Crippen LogP) is 2.55. The monoisotopic (exact) mass is 298 g/mol. The molecular weight excluding hydrogens is 284 g/mol. The molecule has 106 valence electrons. The summed E-state index contributed by atoms with van der Waals surface area (Å²) in [7, 11) is 0. The van der Waals surface area contributed by atoms with Gasteiger partial charge in [0, 0.05) is 4.88 Å². The second-order valence-electron chi connectivity index (χ2n) is 6.09. The van der Waals surface area contributed by atoms with Gasteiger partial charge in [0.1, 0.15) is 11.1 Å². The van der Waals surface area contributed by atoms with E-state index in [1.54, 1.807) is 0 Å². The minimum absolute atomic E-state index is 0.111. The quantitative estimate of drug-likeness (QED) is 0.591. The lowest BCUT2D eigenvalue weighted by atomic mass is 9.85. The molecule has 1 aromatic heterocycles. The zero-order valence-electron chi connectivity index (χ0n) is 11.8. The highest BCUT2D eigenvalue weighted by Gasteiger charge is 2.60. The van der Waals surface area contributed by atoms with E-state index < -0.39 is 0 Å². The van der Waals surface area contributed by atoms with Crippen molar-refractivity contribution in [3.05, 3.63) is 28.2 Å². The molecule has 0 N–H and O–H groups in total. The summed E-state index contributed by atoms with van der Waals surface area (Å²) in [6.45, 7) is 3.78. The molecule has 1 aliphatic heterocycles. The van der Waals surface area contributed by atoms with Crippen molar-refractivity contribution < 1.29 is 9.59 Å². The number of nitrogens with zero attached hydrogens (tertiary/aromatic N) is 2. The number of nitriles is 1. The minimum atomic E-state index is -0.207. The van der Waals surface area contributed by atoms with Crippen LogP contribution in [0.2, 0.25) is 0 Å². The lowest BCUT2D eigenvalue weighted by molar-refractivity contribution is -0.123. The van der Waals surface area contributed by atoms with E-state index in [4.69, 9.17) is 0 Å². The molecule has 1 saturated heterocycles. The van der Waals surface area contributed by atoms with Crippen LogP contribution in [0, 0.1) is 48.9 Å². The van der Waals surface area contributed by atoms with E-state index in [-0.39, 0.29) is 35.5 Å². The maximum absolute atomic E-state index is 12.7. The maximum atomic E-state index is 12.7. The summed E-state index contributed by atoms with van der Waals surface area (Å²) < 4.78 is 0. The van der Waals surface area contributed by atoms with Crippen molar-refractivity contribution in [3.8, 4) is 6.07 Å². The first-order valence-electron chi connectivity index (χ1n) is 7.10. The Morgan fingerprint density at radius 2 is 1.76 bits per heavy atom. The number of carbonyl (C=O) groups excluding carboxylic acids is 2. The van der Waals surface area contributed by atoms with Gasteiger partial charge in [-0.15, -0.1) is 11.3 Å². The third-order valence-electron chi connectivity index (χ3n) is 5.15. The highest BCUT2D eigenvalue weighted by Crippen LogP contribution is 2.54. The highest BCUT2D eigenvalue weighted by molar-refractivity contribution is 7.17. The summed E-state index contributed by atoms with van der Waals surface area (Å²) in [6.07, 6.45) is 5.08. The minimum Gasteiger partial charge on any atom is -0.274 e. The predicted molar refractivity (Wildman–Crippen MR) is 78.7 cm³/mol. The second-order valence-corrected chi connectivity index (χ2v) is 7.29. The molecular formula is C16H14N2O2S. The number of allylic oxidation sites excluding steroid dienone is 2. The van der Waals surface area contributed by atoms with Crippen LogP contribution in [0.5, 0.6) is 0 Å². The second kappa shape index (κ2) is 4.05. The molecule has 5 heteroatoms. The SMILES string of the molecule is Cc1sc(N2C(=O)[C@H]3[C@H](C2=O)[C@H]2C=C[C@H]3C2)c(C#N)c1C. The smallest absolute Gasteiger partial charge is 0.238 e. The molecule has 4 nitrogen and oxygen atoms in total. The molecule has 4 atom stereocenters. The Hall–Kier alpha value is -1.93. The largest absolute Gasteiger partial charge is 0.274 e. The number of thiophene rings is 1. The van der Waals surface area contributed by atoms with Crippen molar-refractivity contribution in [3.63, 3.8) is 0 Å². The van der Waals surface area contributed by atoms with Crippen molar-refractivity contribution in [2.75, 3.05) is 4.90 Å². The van der Waals surface area contributed by atoms with Gasteiger partial charge in [0.05, 0.1) is 17.4 Å². The molecule has 1 aromatic rings. The van der Waals surface area contributed by atoms with Gasteiger partial charge in [-0.05, 0) is 37.7 Å². The molecule has 2 bridgehead atoms. The molecule has 1 saturated carbocycles. The lowest BCUT2D eigenvalue weighted by Gasteiger charge is -2.15. The Morgan fingerprint density at radius 3 is 2.29 bits per heavy atom. The fourth-order valence-electron chi connectivity index (χ4n) is 4.00. The van der Waals surface area contributed by atoms with E-state index in [0.29, 0.717) is 10.6 Å². The van der Waals surface area contributed by atoms with Crippen LogP contribution in [0.1, 0.15) is 22.4 Å². The Bertz CT molecular complexity index is 725. The summed E-state index contributed by atoms with van der Waals surface area (Å²) in [5.41, 5.74) is 1.34. The molecule has 21 heavy (non-hydrogen) atoms. The molecule has 2 amide bonds. The van der Waals surface area contributed by atoms with Gasteiger partial charge in [0.25, 0.3) is 0 Å². The van der Waals surface area contributed by atoms with E-state index in [2.05, 4.69) is 18.2 Å². The number of imide groups is 1. The van der Waals surface area contributed by atoms with Crippen LogP contribution in [0.15, 0.2) is 12.2 Å². The van der Waals surface area contributed by atoms with Crippen molar-refractivity contribution in [1.29, 1.82) is 5.26 Å². The number of anilines is 1. The van der Waals surface area contributed by atoms with Gasteiger partial charge in [0.15, 0.2) is 0 Å². The lowest BCUT2D eigenvalue weighted by Crippen LogP contribution is -2.32. The van der Waals surface area contributed by atoms with Gasteiger partial charge in [-0.25, -0.2) is 4.90 Å². The molecule has 4 rings (SSSR count). The van der Waals surface area contributed by atoms with Gasteiger partial charge >= 0.3 is 0 Å². The molecule has 0 radical (unpaired) electrons. The summed E-state index contributed by atoms with van der Waals surface area (Å²) >= 11 is 1.37. The number of carbonyl (C=O) groups is 2. The summed E-state index contributed by atoms with van der Waals surface area (Å²) in [4.78, 5) is 27.8. The van der Waals surface area contributed by atoms with Crippen LogP contribution in [0.4, 0.5) is 5.00 Å². The Labute approximate surface area is 126 Å². The fourth-order valence-corrected chi connectivity index (χ4v) is 5.12. The molecule has 3 aliphatic rings. The number of fused-ring (bicyclic) bond motifs is 5. The normalized spacial score (nSPS) is 32.9. The molecule has 0 spiro atoms. The van der Waals surface area contributed by atoms with E-state index >= 15 is 0 Å². The zero-order chi connectivity index (χ0) is 14.9. The van der Waals surface area contributed by atoms with Crippen LogP contribution in [0.3, 0.4) is 0 Å². The van der Waals surface area contributed by atoms with Gasteiger partial charge in [-0.2, -0.15) is 5.26 Å². The Balaban J connectivity index is 1.82. The van der Waals surface area contributed by atoms with E-state index in [9.17, 15) is 14.9 Å². The zero-order valence-corrected chi connectivity index (χ0v) is 12.6. The van der Waals surface area contributed by atoms with E-state index in [1.165, 1.54) is 16.2 Å². The van der Waals surface area contributed by atoms with Gasteiger partial charge < -0.3 is 0 Å². The first-order valence-corrected chi connectivity index (χ1v) is 7.92.